The number of hydrogen-bond donors (Lipinski definition) is 0. The van der Waals surface area contributed by atoms with Crippen LogP contribution in [0.5, 0.6) is 0 Å². The van der Waals surface area contributed by atoms with Gasteiger partial charge in [-0.2, -0.15) is 0 Å². The Morgan fingerprint density at radius 1 is 1.08 bits per heavy atom. The Hall–Kier alpha value is -2.48. The number of likely N-dealkylation sites (N-methyl/N-ethyl adjacent to an activating group) is 1. The first-order chi connectivity index (χ1) is 11.2. The van der Waals surface area contributed by atoms with Crippen LogP contribution < -0.4 is 9.21 Å². The topological polar surface area (TPSA) is 57.7 Å². The van der Waals surface area contributed by atoms with Gasteiger partial charge >= 0.3 is 0 Å². The van der Waals surface area contributed by atoms with Gasteiger partial charge in [-0.1, -0.05) is 18.2 Å². The number of para-hydroxylation sites is 1. The fourth-order valence-electron chi connectivity index (χ4n) is 2.09. The number of amides is 1. The van der Waals surface area contributed by atoms with E-state index < -0.39 is 34.1 Å². The maximum atomic E-state index is 13.9. The van der Waals surface area contributed by atoms with Gasteiger partial charge in [-0.25, -0.2) is 17.2 Å². The molecular weight excluding hydrogens is 338 g/mol. The van der Waals surface area contributed by atoms with E-state index in [2.05, 4.69) is 0 Å². The number of halogens is 2. The van der Waals surface area contributed by atoms with Crippen LogP contribution in [0.25, 0.3) is 0 Å². The predicted molar refractivity (Wildman–Crippen MR) is 88.4 cm³/mol. The Bertz CT molecular complexity index is 842. The summed E-state index contributed by atoms with van der Waals surface area (Å²) in [5.74, 6) is -2.46. The van der Waals surface area contributed by atoms with Gasteiger partial charge in [0.15, 0.2) is 0 Å². The molecule has 0 aliphatic carbocycles. The minimum absolute atomic E-state index is 0.381. The summed E-state index contributed by atoms with van der Waals surface area (Å²) in [6.07, 6.45) is 0.853. The lowest BCUT2D eigenvalue weighted by molar-refractivity contribution is -0.116. The quantitative estimate of drug-likeness (QED) is 0.828. The van der Waals surface area contributed by atoms with Crippen LogP contribution >= 0.6 is 0 Å². The molecule has 0 aliphatic heterocycles. The molecule has 0 N–H and O–H groups in total. The van der Waals surface area contributed by atoms with Crippen LogP contribution in [0.4, 0.5) is 20.2 Å². The molecule has 0 aliphatic rings. The van der Waals surface area contributed by atoms with E-state index in [4.69, 9.17) is 0 Å². The van der Waals surface area contributed by atoms with E-state index in [1.807, 2.05) is 0 Å². The third kappa shape index (κ3) is 4.08. The monoisotopic (exact) mass is 354 g/mol. The van der Waals surface area contributed by atoms with Gasteiger partial charge in [0.05, 0.1) is 11.9 Å². The Balaban J connectivity index is 2.32. The number of anilines is 2. The van der Waals surface area contributed by atoms with Gasteiger partial charge in [-0.15, -0.1) is 0 Å². The molecule has 0 aromatic heterocycles. The molecule has 5 nitrogen and oxygen atoms in total. The molecule has 2 rings (SSSR count). The summed E-state index contributed by atoms with van der Waals surface area (Å²) >= 11 is 0. The standard InChI is InChI=1S/C16H16F2N2O3S/c1-19(13-6-4-3-5-7-13)16(21)11-20(24(2,22)23)15-9-8-12(17)10-14(15)18/h3-10H,11H2,1-2H3. The summed E-state index contributed by atoms with van der Waals surface area (Å²) in [6, 6.07) is 11.1. The second-order valence-corrected chi connectivity index (χ2v) is 7.06. The van der Waals surface area contributed by atoms with E-state index in [1.165, 1.54) is 11.9 Å². The summed E-state index contributed by atoms with van der Waals surface area (Å²) in [6.45, 7) is -0.604. The minimum atomic E-state index is -3.94. The lowest BCUT2D eigenvalue weighted by Crippen LogP contribution is -2.41. The van der Waals surface area contributed by atoms with Crippen molar-refractivity contribution in [2.75, 3.05) is 29.1 Å². The van der Waals surface area contributed by atoms with Crippen LogP contribution in [0, 0.1) is 11.6 Å². The van der Waals surface area contributed by atoms with E-state index in [0.29, 0.717) is 16.1 Å². The van der Waals surface area contributed by atoms with Crippen molar-refractivity contribution in [3.8, 4) is 0 Å². The second kappa shape index (κ2) is 6.96. The average molecular weight is 354 g/mol. The molecular formula is C16H16F2N2O3S. The zero-order valence-electron chi connectivity index (χ0n) is 13.1. The van der Waals surface area contributed by atoms with Crippen LogP contribution in [0.2, 0.25) is 0 Å². The van der Waals surface area contributed by atoms with Gasteiger partial charge in [0.1, 0.15) is 18.2 Å². The number of benzene rings is 2. The zero-order valence-corrected chi connectivity index (χ0v) is 13.9. The number of carbonyl (C=O) groups is 1. The summed E-state index contributed by atoms with van der Waals surface area (Å²) in [7, 11) is -2.46. The molecule has 24 heavy (non-hydrogen) atoms. The number of hydrogen-bond acceptors (Lipinski definition) is 3. The highest BCUT2D eigenvalue weighted by Crippen LogP contribution is 2.23. The smallest absolute Gasteiger partial charge is 0.247 e. The number of rotatable bonds is 5. The van der Waals surface area contributed by atoms with Crippen LogP contribution in [0.15, 0.2) is 48.5 Å². The van der Waals surface area contributed by atoms with Gasteiger partial charge in [0.25, 0.3) is 0 Å². The molecule has 0 unspecified atom stereocenters. The fraction of sp³-hybridized carbons (Fsp3) is 0.188. The Kier molecular flexibility index (Phi) is 5.18. The molecule has 0 radical (unpaired) electrons. The van der Waals surface area contributed by atoms with Crippen LogP contribution in [-0.2, 0) is 14.8 Å². The highest BCUT2D eigenvalue weighted by Gasteiger charge is 2.25. The molecule has 0 spiro atoms. The van der Waals surface area contributed by atoms with E-state index in [-0.39, 0.29) is 5.69 Å². The van der Waals surface area contributed by atoms with E-state index >= 15 is 0 Å². The van der Waals surface area contributed by atoms with Crippen molar-refractivity contribution >= 4 is 27.3 Å². The highest BCUT2D eigenvalue weighted by molar-refractivity contribution is 7.92. The molecule has 0 fully saturated rings. The summed E-state index contributed by atoms with van der Waals surface area (Å²) in [4.78, 5) is 13.6. The van der Waals surface area contributed by atoms with Crippen molar-refractivity contribution in [2.24, 2.45) is 0 Å². The van der Waals surface area contributed by atoms with Crippen LogP contribution in [0.3, 0.4) is 0 Å². The number of sulfonamides is 1. The average Bonchev–Trinajstić information content (AvgIpc) is 2.52. The van der Waals surface area contributed by atoms with E-state index in [1.54, 1.807) is 30.3 Å². The Morgan fingerprint density at radius 2 is 1.71 bits per heavy atom. The van der Waals surface area contributed by atoms with Crippen molar-refractivity contribution in [2.45, 2.75) is 0 Å². The molecule has 1 amide bonds. The maximum absolute atomic E-state index is 13.9. The van der Waals surface area contributed by atoms with Gasteiger partial charge in [0.2, 0.25) is 15.9 Å². The minimum Gasteiger partial charge on any atom is -0.314 e. The largest absolute Gasteiger partial charge is 0.314 e. The number of carbonyl (C=O) groups excluding carboxylic acids is 1. The molecule has 128 valence electrons. The predicted octanol–water partition coefficient (Wildman–Crippen LogP) is 2.39. The van der Waals surface area contributed by atoms with Crippen molar-refractivity contribution in [3.63, 3.8) is 0 Å². The fourth-order valence-corrected chi connectivity index (χ4v) is 2.94. The van der Waals surface area contributed by atoms with Gasteiger partial charge in [0, 0.05) is 18.8 Å². The van der Waals surface area contributed by atoms with Crippen LogP contribution in [-0.4, -0.2) is 34.2 Å². The molecule has 0 bridgehead atoms. The highest BCUT2D eigenvalue weighted by atomic mass is 32.2. The summed E-state index contributed by atoms with van der Waals surface area (Å²) in [5, 5.41) is 0. The molecule has 0 heterocycles. The lowest BCUT2D eigenvalue weighted by atomic mass is 10.2. The van der Waals surface area contributed by atoms with Crippen molar-refractivity contribution in [1.29, 1.82) is 0 Å². The lowest BCUT2D eigenvalue weighted by Gasteiger charge is -2.25. The van der Waals surface area contributed by atoms with Crippen molar-refractivity contribution < 1.29 is 22.0 Å². The normalized spacial score (nSPS) is 11.2. The number of nitrogens with zero attached hydrogens (tertiary/aromatic N) is 2. The van der Waals surface area contributed by atoms with Crippen molar-refractivity contribution in [1.82, 2.24) is 0 Å². The first kappa shape index (κ1) is 17.9. The van der Waals surface area contributed by atoms with Gasteiger partial charge in [-0.3, -0.25) is 9.10 Å². The molecule has 0 atom stereocenters. The zero-order chi connectivity index (χ0) is 17.9. The second-order valence-electron chi connectivity index (χ2n) is 5.15. The Morgan fingerprint density at radius 3 is 2.25 bits per heavy atom. The third-order valence-corrected chi connectivity index (χ3v) is 4.50. The SMILES string of the molecule is CN(C(=O)CN(c1ccc(F)cc1F)S(C)(=O)=O)c1ccccc1. The third-order valence-electron chi connectivity index (χ3n) is 3.38. The Labute approximate surface area is 139 Å². The maximum Gasteiger partial charge on any atom is 0.247 e. The van der Waals surface area contributed by atoms with Gasteiger partial charge < -0.3 is 4.90 Å². The van der Waals surface area contributed by atoms with Crippen molar-refractivity contribution in [3.05, 3.63) is 60.2 Å². The summed E-state index contributed by atoms with van der Waals surface area (Å²) in [5.41, 5.74) is 0.184. The molecule has 0 saturated heterocycles. The first-order valence-corrected chi connectivity index (χ1v) is 8.79. The first-order valence-electron chi connectivity index (χ1n) is 6.94. The van der Waals surface area contributed by atoms with E-state index in [9.17, 15) is 22.0 Å². The molecule has 0 saturated carbocycles. The van der Waals surface area contributed by atoms with Gasteiger partial charge in [-0.05, 0) is 24.3 Å². The molecule has 8 heteroatoms. The van der Waals surface area contributed by atoms with Crippen LogP contribution in [0.1, 0.15) is 0 Å². The summed E-state index contributed by atoms with van der Waals surface area (Å²) < 4.78 is 51.5. The van der Waals surface area contributed by atoms with E-state index in [0.717, 1.165) is 18.4 Å². The molecule has 2 aromatic carbocycles. The molecule has 2 aromatic rings.